The Hall–Kier alpha value is -2.19. The summed E-state index contributed by atoms with van der Waals surface area (Å²) in [6.45, 7) is 2.29. The van der Waals surface area contributed by atoms with Crippen LogP contribution >= 0.6 is 0 Å². The highest BCUT2D eigenvalue weighted by atomic mass is 16.5. The number of aromatic carboxylic acids is 1. The first-order chi connectivity index (χ1) is 9.50. The average Bonchev–Trinajstić information content (AvgIpc) is 2.46. The lowest BCUT2D eigenvalue weighted by molar-refractivity contribution is 0.0695. The number of nitrogens with two attached hydrogens (primary N) is 1. The van der Waals surface area contributed by atoms with Crippen molar-refractivity contribution in [2.45, 2.75) is 0 Å². The molecule has 0 spiro atoms. The predicted molar refractivity (Wildman–Crippen MR) is 73.0 cm³/mol. The summed E-state index contributed by atoms with van der Waals surface area (Å²) in [5, 5.41) is 18.2. The smallest absolute Gasteiger partial charge is 0.339 e. The molecule has 1 saturated heterocycles. The molecule has 0 amide bonds. The molecule has 0 unspecified atom stereocenters. The van der Waals surface area contributed by atoms with Crippen LogP contribution in [0.15, 0.2) is 12.3 Å². The minimum Gasteiger partial charge on any atom is -0.478 e. The lowest BCUT2D eigenvalue weighted by Crippen LogP contribution is -2.38. The molecule has 20 heavy (non-hydrogen) atoms. The van der Waals surface area contributed by atoms with Crippen LogP contribution in [0.2, 0.25) is 0 Å². The summed E-state index contributed by atoms with van der Waals surface area (Å²) in [5.41, 5.74) is 0.431. The summed E-state index contributed by atoms with van der Waals surface area (Å²) >= 11 is 0. The van der Waals surface area contributed by atoms with E-state index in [9.17, 15) is 9.90 Å². The zero-order valence-electron chi connectivity index (χ0n) is 11.2. The van der Waals surface area contributed by atoms with E-state index >= 15 is 0 Å². The topological polar surface area (TPSA) is 116 Å². The quantitative estimate of drug-likeness (QED) is 0.302. The van der Waals surface area contributed by atoms with E-state index in [2.05, 4.69) is 4.98 Å². The minimum absolute atomic E-state index is 0.00790. The third-order valence-electron chi connectivity index (χ3n) is 3.03. The van der Waals surface area contributed by atoms with Gasteiger partial charge in [0.1, 0.15) is 17.2 Å². The molecule has 1 fully saturated rings. The number of nitrogens with one attached hydrogen (secondary N) is 1. The van der Waals surface area contributed by atoms with Gasteiger partial charge in [-0.15, -0.1) is 0 Å². The van der Waals surface area contributed by atoms with Crippen LogP contribution < -0.4 is 10.7 Å². The highest BCUT2D eigenvalue weighted by molar-refractivity contribution is 6.00. The maximum absolute atomic E-state index is 11.4. The summed E-state index contributed by atoms with van der Waals surface area (Å²) in [6, 6.07) is 1.42. The van der Waals surface area contributed by atoms with Crippen LogP contribution in [-0.2, 0) is 4.74 Å². The van der Waals surface area contributed by atoms with Gasteiger partial charge in [-0.25, -0.2) is 15.6 Å². The van der Waals surface area contributed by atoms with Crippen LogP contribution in [0.4, 0.5) is 5.82 Å². The van der Waals surface area contributed by atoms with Crippen LogP contribution in [0.1, 0.15) is 15.9 Å². The summed E-state index contributed by atoms with van der Waals surface area (Å²) in [6.07, 6.45) is 1.46. The third kappa shape index (κ3) is 2.86. The fraction of sp³-hybridized carbons (Fsp3) is 0.417. The Morgan fingerprint density at radius 3 is 2.75 bits per heavy atom. The number of morpholine rings is 1. The van der Waals surface area contributed by atoms with Crippen molar-refractivity contribution in [1.29, 1.82) is 5.41 Å². The molecule has 0 aromatic carbocycles. The maximum Gasteiger partial charge on any atom is 0.339 e. The summed E-state index contributed by atoms with van der Waals surface area (Å²) in [5.74, 6) is 4.81. The molecule has 0 saturated carbocycles. The molecule has 1 aromatic rings. The first kappa shape index (κ1) is 14.2. The third-order valence-corrected chi connectivity index (χ3v) is 3.03. The van der Waals surface area contributed by atoms with Crippen molar-refractivity contribution in [3.05, 3.63) is 23.4 Å². The van der Waals surface area contributed by atoms with Gasteiger partial charge in [-0.1, -0.05) is 0 Å². The number of amidine groups is 1. The number of hydrazine groups is 1. The zero-order valence-corrected chi connectivity index (χ0v) is 11.2. The molecule has 0 aliphatic carbocycles. The molecule has 1 aliphatic heterocycles. The Morgan fingerprint density at radius 2 is 2.20 bits per heavy atom. The second kappa shape index (κ2) is 5.85. The molecular formula is C12H17N5O3. The standard InChI is InChI=1S/C12H17N5O3/c1-16(14)10(13)8-6-9(12(18)19)11(15-7-8)17-2-4-20-5-3-17/h6-7,13H,2-5,14H2,1H3,(H,18,19). The Morgan fingerprint density at radius 1 is 1.55 bits per heavy atom. The molecular weight excluding hydrogens is 262 g/mol. The number of ether oxygens (including phenoxy) is 1. The molecule has 2 heterocycles. The number of carbonyl (C=O) groups is 1. The monoisotopic (exact) mass is 279 g/mol. The molecule has 8 nitrogen and oxygen atoms in total. The molecule has 2 rings (SSSR count). The van der Waals surface area contributed by atoms with E-state index in [0.717, 1.165) is 5.01 Å². The van der Waals surface area contributed by atoms with Gasteiger partial charge in [0.05, 0.1) is 13.2 Å². The second-order valence-electron chi connectivity index (χ2n) is 4.46. The Labute approximate surface area is 116 Å². The maximum atomic E-state index is 11.4. The van der Waals surface area contributed by atoms with Gasteiger partial charge < -0.3 is 14.7 Å². The molecule has 0 atom stereocenters. The number of aromatic nitrogens is 1. The van der Waals surface area contributed by atoms with Gasteiger partial charge in [0.15, 0.2) is 0 Å². The molecule has 0 bridgehead atoms. The van der Waals surface area contributed by atoms with Crippen molar-refractivity contribution in [2.24, 2.45) is 5.84 Å². The van der Waals surface area contributed by atoms with Crippen molar-refractivity contribution < 1.29 is 14.6 Å². The lowest BCUT2D eigenvalue weighted by atomic mass is 10.1. The normalized spacial score (nSPS) is 15.0. The van der Waals surface area contributed by atoms with Gasteiger partial charge in [0, 0.05) is 31.9 Å². The van der Waals surface area contributed by atoms with Crippen molar-refractivity contribution in [3.8, 4) is 0 Å². The second-order valence-corrected chi connectivity index (χ2v) is 4.46. The van der Waals surface area contributed by atoms with Crippen molar-refractivity contribution in [1.82, 2.24) is 9.99 Å². The van der Waals surface area contributed by atoms with E-state index in [1.165, 1.54) is 19.3 Å². The Balaban J connectivity index is 2.37. The number of carboxylic acids is 1. The molecule has 0 radical (unpaired) electrons. The molecule has 4 N–H and O–H groups in total. The largest absolute Gasteiger partial charge is 0.478 e. The molecule has 8 heteroatoms. The number of hydrogen-bond donors (Lipinski definition) is 3. The SMILES string of the molecule is CN(N)C(=N)c1cnc(N2CCOCC2)c(C(=O)O)c1. The van der Waals surface area contributed by atoms with Gasteiger partial charge in [0.2, 0.25) is 0 Å². The van der Waals surface area contributed by atoms with Crippen LogP contribution in [0.25, 0.3) is 0 Å². The summed E-state index contributed by atoms with van der Waals surface area (Å²) < 4.78 is 5.24. The van der Waals surface area contributed by atoms with Crippen molar-refractivity contribution >= 4 is 17.6 Å². The number of rotatable bonds is 3. The van der Waals surface area contributed by atoms with E-state index in [1.54, 1.807) is 0 Å². The van der Waals surface area contributed by atoms with E-state index in [4.69, 9.17) is 16.0 Å². The summed E-state index contributed by atoms with van der Waals surface area (Å²) in [7, 11) is 1.51. The average molecular weight is 279 g/mol. The van der Waals surface area contributed by atoms with Gasteiger partial charge in [-0.2, -0.15) is 0 Å². The fourth-order valence-electron chi connectivity index (χ4n) is 1.98. The molecule has 1 aliphatic rings. The van der Waals surface area contributed by atoms with Crippen molar-refractivity contribution in [2.75, 3.05) is 38.3 Å². The number of anilines is 1. The Kier molecular flexibility index (Phi) is 4.16. The van der Waals surface area contributed by atoms with E-state index < -0.39 is 5.97 Å². The lowest BCUT2D eigenvalue weighted by Gasteiger charge is -2.29. The van der Waals surface area contributed by atoms with Gasteiger partial charge >= 0.3 is 5.97 Å². The first-order valence-corrected chi connectivity index (χ1v) is 6.14. The van der Waals surface area contributed by atoms with Crippen LogP contribution in [-0.4, -0.2) is 60.3 Å². The van der Waals surface area contributed by atoms with Crippen LogP contribution in [0.5, 0.6) is 0 Å². The number of pyridine rings is 1. The van der Waals surface area contributed by atoms with E-state index in [1.807, 2.05) is 4.90 Å². The van der Waals surface area contributed by atoms with Crippen LogP contribution in [0.3, 0.4) is 0 Å². The highest BCUT2D eigenvalue weighted by Gasteiger charge is 2.21. The summed E-state index contributed by atoms with van der Waals surface area (Å²) in [4.78, 5) is 17.5. The van der Waals surface area contributed by atoms with Gasteiger partial charge in [-0.3, -0.25) is 10.4 Å². The predicted octanol–water partition coefficient (Wildman–Crippen LogP) is -0.253. The minimum atomic E-state index is -1.08. The van der Waals surface area contributed by atoms with Gasteiger partial charge in [0.25, 0.3) is 0 Å². The number of hydrogen-bond acceptors (Lipinski definition) is 6. The molecule has 108 valence electrons. The number of nitrogens with zero attached hydrogens (tertiary/aromatic N) is 3. The van der Waals surface area contributed by atoms with Crippen LogP contribution in [0, 0.1) is 5.41 Å². The highest BCUT2D eigenvalue weighted by Crippen LogP contribution is 2.20. The first-order valence-electron chi connectivity index (χ1n) is 6.14. The fourth-order valence-corrected chi connectivity index (χ4v) is 1.98. The van der Waals surface area contributed by atoms with E-state index in [0.29, 0.717) is 37.7 Å². The van der Waals surface area contributed by atoms with E-state index in [-0.39, 0.29) is 11.4 Å². The molecule has 1 aromatic heterocycles. The van der Waals surface area contributed by atoms with Gasteiger partial charge in [-0.05, 0) is 6.07 Å². The number of carboxylic acid groups (broad SMARTS) is 1. The Bertz CT molecular complexity index is 526. The van der Waals surface area contributed by atoms with Crippen molar-refractivity contribution in [3.63, 3.8) is 0 Å². The zero-order chi connectivity index (χ0) is 14.7.